The Labute approximate surface area is 158 Å². The number of nitrogens with zero attached hydrogens (tertiary/aromatic N) is 6. The van der Waals surface area contributed by atoms with Gasteiger partial charge in [-0.2, -0.15) is 9.36 Å². The van der Waals surface area contributed by atoms with Crippen molar-refractivity contribution in [2.24, 2.45) is 0 Å². The van der Waals surface area contributed by atoms with E-state index in [0.29, 0.717) is 12.6 Å². The maximum atomic E-state index is 12.5. The third-order valence-electron chi connectivity index (χ3n) is 4.94. The molecule has 1 aliphatic rings. The van der Waals surface area contributed by atoms with E-state index in [-0.39, 0.29) is 5.69 Å². The molecule has 8 nitrogen and oxygen atoms in total. The van der Waals surface area contributed by atoms with Gasteiger partial charge in [0.2, 0.25) is 0 Å². The Morgan fingerprint density at radius 3 is 2.74 bits per heavy atom. The smallest absolute Gasteiger partial charge is 0.370 e. The Bertz CT molecular complexity index is 1070. The van der Waals surface area contributed by atoms with E-state index in [1.807, 2.05) is 41.8 Å². The second kappa shape index (κ2) is 6.75. The normalized spacial score (nSPS) is 16.3. The molecule has 0 radical (unpaired) electrons. The lowest BCUT2D eigenvalue weighted by Gasteiger charge is -2.29. The summed E-state index contributed by atoms with van der Waals surface area (Å²) >= 11 is 1.47. The van der Waals surface area contributed by atoms with Crippen molar-refractivity contribution >= 4 is 22.4 Å². The van der Waals surface area contributed by atoms with Crippen molar-refractivity contribution in [3.05, 3.63) is 58.2 Å². The van der Waals surface area contributed by atoms with Crippen LogP contribution < -0.4 is 5.69 Å². The number of tetrazole rings is 1. The molecule has 0 N–H and O–H groups in total. The van der Waals surface area contributed by atoms with Gasteiger partial charge in [-0.25, -0.2) is 9.78 Å². The summed E-state index contributed by atoms with van der Waals surface area (Å²) in [4.78, 5) is 19.3. The zero-order chi connectivity index (χ0) is 18.2. The van der Waals surface area contributed by atoms with Crippen LogP contribution >= 0.6 is 11.3 Å². The van der Waals surface area contributed by atoms with Gasteiger partial charge in [0.05, 0.1) is 0 Å². The molecular weight excluding hydrogens is 364 g/mol. The van der Waals surface area contributed by atoms with E-state index >= 15 is 0 Å². The highest BCUT2D eigenvalue weighted by Crippen LogP contribution is 2.29. The lowest BCUT2D eigenvalue weighted by atomic mass is 9.97. The van der Waals surface area contributed by atoms with Gasteiger partial charge in [-0.15, -0.1) is 11.3 Å². The molecule has 4 heterocycles. The highest BCUT2D eigenvalue weighted by Gasteiger charge is 2.25. The van der Waals surface area contributed by atoms with Gasteiger partial charge in [-0.3, -0.25) is 4.90 Å². The summed E-state index contributed by atoms with van der Waals surface area (Å²) < 4.78 is 8.67. The summed E-state index contributed by atoms with van der Waals surface area (Å²) in [6, 6.07) is 11.6. The number of thiophene rings is 1. The first kappa shape index (κ1) is 16.4. The van der Waals surface area contributed by atoms with Crippen molar-refractivity contribution in [2.45, 2.75) is 25.4 Å². The Morgan fingerprint density at radius 1 is 1.11 bits per heavy atom. The van der Waals surface area contributed by atoms with E-state index in [1.165, 1.54) is 20.7 Å². The zero-order valence-corrected chi connectivity index (χ0v) is 15.4. The number of para-hydroxylation sites is 2. The molecule has 1 saturated heterocycles. The summed E-state index contributed by atoms with van der Waals surface area (Å²) in [7, 11) is 0. The molecule has 27 heavy (non-hydrogen) atoms. The minimum absolute atomic E-state index is 0.210. The van der Waals surface area contributed by atoms with Crippen LogP contribution in [0.2, 0.25) is 0 Å². The van der Waals surface area contributed by atoms with Crippen molar-refractivity contribution in [1.29, 1.82) is 0 Å². The first-order valence-corrected chi connectivity index (χ1v) is 9.80. The van der Waals surface area contributed by atoms with Gasteiger partial charge in [0.1, 0.15) is 17.2 Å². The molecule has 3 aromatic heterocycles. The average molecular weight is 382 g/mol. The molecule has 0 amide bonds. The summed E-state index contributed by atoms with van der Waals surface area (Å²) in [5.74, 6) is 1.13. The lowest BCUT2D eigenvalue weighted by Crippen LogP contribution is -2.38. The number of rotatable bonds is 4. The van der Waals surface area contributed by atoms with Crippen LogP contribution in [-0.2, 0) is 6.67 Å². The number of benzene rings is 1. The third kappa shape index (κ3) is 3.08. The van der Waals surface area contributed by atoms with E-state index in [2.05, 4.69) is 20.3 Å². The number of hydrogen-bond acceptors (Lipinski definition) is 7. The van der Waals surface area contributed by atoms with E-state index in [1.54, 1.807) is 0 Å². The number of aromatic nitrogens is 5. The van der Waals surface area contributed by atoms with Crippen LogP contribution in [0.25, 0.3) is 16.1 Å². The molecule has 0 saturated carbocycles. The van der Waals surface area contributed by atoms with Crippen LogP contribution in [-0.4, -0.2) is 42.8 Å². The van der Waals surface area contributed by atoms with Crippen molar-refractivity contribution in [2.75, 3.05) is 13.1 Å². The van der Waals surface area contributed by atoms with E-state index in [9.17, 15) is 4.79 Å². The quantitative estimate of drug-likeness (QED) is 0.539. The van der Waals surface area contributed by atoms with E-state index in [0.717, 1.165) is 47.9 Å². The molecule has 1 fully saturated rings. The van der Waals surface area contributed by atoms with Gasteiger partial charge >= 0.3 is 5.69 Å². The number of oxazole rings is 1. The fourth-order valence-electron chi connectivity index (χ4n) is 3.47. The maximum absolute atomic E-state index is 12.5. The number of piperidine rings is 1. The van der Waals surface area contributed by atoms with Gasteiger partial charge in [0.25, 0.3) is 0 Å². The Hall–Kier alpha value is -2.78. The first-order chi connectivity index (χ1) is 13.3. The number of likely N-dealkylation sites (tertiary alicyclic amines) is 1. The molecule has 1 aliphatic heterocycles. The Morgan fingerprint density at radius 2 is 1.96 bits per heavy atom. The van der Waals surface area contributed by atoms with Crippen LogP contribution in [0.5, 0.6) is 0 Å². The summed E-state index contributed by atoms with van der Waals surface area (Å²) in [6.45, 7) is 2.17. The Kier molecular flexibility index (Phi) is 4.10. The second-order valence-electron chi connectivity index (χ2n) is 6.68. The van der Waals surface area contributed by atoms with Crippen LogP contribution in [0.15, 0.2) is 51.0 Å². The number of hydrogen-bond donors (Lipinski definition) is 0. The van der Waals surface area contributed by atoms with Gasteiger partial charge in [0.15, 0.2) is 11.5 Å². The summed E-state index contributed by atoms with van der Waals surface area (Å²) in [5.41, 5.74) is 1.54. The molecular formula is C18H18N6O2S. The fourth-order valence-corrected chi connectivity index (χ4v) is 4.14. The van der Waals surface area contributed by atoms with Crippen molar-refractivity contribution < 1.29 is 4.42 Å². The van der Waals surface area contributed by atoms with Crippen LogP contribution in [0.4, 0.5) is 0 Å². The average Bonchev–Trinajstić information content (AvgIpc) is 3.43. The van der Waals surface area contributed by atoms with Crippen LogP contribution in [0, 0.1) is 0 Å². The molecule has 0 bridgehead atoms. The van der Waals surface area contributed by atoms with Crippen molar-refractivity contribution in [1.82, 2.24) is 29.7 Å². The molecule has 138 valence electrons. The fraction of sp³-hybridized carbons (Fsp3) is 0.333. The second-order valence-corrected chi connectivity index (χ2v) is 7.60. The summed E-state index contributed by atoms with van der Waals surface area (Å²) in [5, 5.41) is 10.7. The highest BCUT2D eigenvalue weighted by molar-refractivity contribution is 7.12. The van der Waals surface area contributed by atoms with Gasteiger partial charge < -0.3 is 4.42 Å². The first-order valence-electron chi connectivity index (χ1n) is 8.92. The van der Waals surface area contributed by atoms with E-state index < -0.39 is 0 Å². The molecule has 0 atom stereocenters. The topological polar surface area (TPSA) is 82.0 Å². The van der Waals surface area contributed by atoms with Crippen molar-refractivity contribution in [3.8, 4) is 5.00 Å². The predicted molar refractivity (Wildman–Crippen MR) is 101 cm³/mol. The zero-order valence-electron chi connectivity index (χ0n) is 14.6. The minimum Gasteiger partial charge on any atom is -0.440 e. The lowest BCUT2D eigenvalue weighted by molar-refractivity contribution is 0.151. The number of fused-ring (bicyclic) bond motifs is 1. The predicted octanol–water partition coefficient (Wildman–Crippen LogP) is 2.47. The largest absolute Gasteiger partial charge is 0.440 e. The standard InChI is InChI=1S/C18H18N6O2S/c25-18-23(20-21-24(18)16-6-3-11-27-16)12-22-9-7-13(8-10-22)17-19-14-4-1-2-5-15(14)26-17/h1-6,11,13H,7-10,12H2. The summed E-state index contributed by atoms with van der Waals surface area (Å²) in [6.07, 6.45) is 1.89. The van der Waals surface area contributed by atoms with Crippen LogP contribution in [0.3, 0.4) is 0 Å². The maximum Gasteiger partial charge on any atom is 0.370 e. The van der Waals surface area contributed by atoms with Gasteiger partial charge in [-0.05, 0) is 52.9 Å². The molecule has 4 aromatic rings. The van der Waals surface area contributed by atoms with Crippen LogP contribution in [0.1, 0.15) is 24.7 Å². The SMILES string of the molecule is O=c1n(CN2CCC(c3nc4ccccc4o3)CC2)nnn1-c1cccs1. The molecule has 9 heteroatoms. The highest BCUT2D eigenvalue weighted by atomic mass is 32.1. The Balaban J connectivity index is 1.25. The monoisotopic (exact) mass is 382 g/mol. The van der Waals surface area contributed by atoms with Gasteiger partial charge in [-0.1, -0.05) is 12.1 Å². The minimum atomic E-state index is -0.210. The van der Waals surface area contributed by atoms with Gasteiger partial charge in [0, 0.05) is 19.0 Å². The molecule has 0 spiro atoms. The molecule has 0 unspecified atom stereocenters. The third-order valence-corrected chi connectivity index (χ3v) is 5.78. The van der Waals surface area contributed by atoms with Crippen molar-refractivity contribution in [3.63, 3.8) is 0 Å². The van der Waals surface area contributed by atoms with E-state index in [4.69, 9.17) is 4.42 Å². The molecule has 5 rings (SSSR count). The molecule has 1 aromatic carbocycles. The molecule has 0 aliphatic carbocycles.